The SMILES string of the molecule is Cc1nc(Nc2ncc(C(=O)Nc3c(C)cccc3Cl)s2)cc(N2CCN(CC(=O)N(CCNC(=O)c3ccc(C(=O)O)c(C4=c5cc6c7c(c5Oc5c4cc4c8c5CCCN8CCCC4)CCC[N+]=7CCCC6)c3)Cc3ccc(N=[N+]=[N-])c(C)c3)CC2)n1. The molecule has 1 fully saturated rings. The summed E-state index contributed by atoms with van der Waals surface area (Å²) in [6.45, 7) is 12.5. The van der Waals surface area contributed by atoms with Crippen LogP contribution in [-0.2, 0) is 37.0 Å². The second-order valence-electron chi connectivity index (χ2n) is 24.0. The molecule has 6 aliphatic heterocycles. The van der Waals surface area contributed by atoms with Crippen LogP contribution in [0.2, 0.25) is 5.02 Å². The van der Waals surface area contributed by atoms with E-state index in [9.17, 15) is 29.8 Å². The van der Waals surface area contributed by atoms with E-state index in [0.717, 1.165) is 135 Å². The monoisotopic (exact) mass is 1230 g/mol. The van der Waals surface area contributed by atoms with Gasteiger partial charge in [0.1, 0.15) is 46.9 Å². The average Bonchev–Trinajstić information content (AvgIpc) is 1.30. The molecule has 0 spiro atoms. The second kappa shape index (κ2) is 25.3. The minimum atomic E-state index is -1.08. The van der Waals surface area contributed by atoms with Crippen LogP contribution in [0.25, 0.3) is 16.0 Å². The molecule has 0 saturated carbocycles. The third-order valence-electron chi connectivity index (χ3n) is 18.1. The molecule has 89 heavy (non-hydrogen) atoms. The first-order valence-corrected chi connectivity index (χ1v) is 32.1. The quantitative estimate of drug-likeness (QED) is 0.0305. The summed E-state index contributed by atoms with van der Waals surface area (Å²) >= 11 is 7.56. The van der Waals surface area contributed by atoms with Crippen molar-refractivity contribution >= 4 is 86.0 Å². The summed E-state index contributed by atoms with van der Waals surface area (Å²) in [5, 5.41) is 27.2. The van der Waals surface area contributed by atoms with Crippen molar-refractivity contribution in [3.63, 3.8) is 0 Å². The van der Waals surface area contributed by atoms with Crippen LogP contribution in [0.1, 0.15) is 125 Å². The van der Waals surface area contributed by atoms with Crippen LogP contribution < -0.4 is 45.6 Å². The van der Waals surface area contributed by atoms with Crippen molar-refractivity contribution in [3.8, 4) is 11.5 Å². The molecule has 0 bridgehead atoms. The number of para-hydroxylation sites is 1. The van der Waals surface area contributed by atoms with Gasteiger partial charge >= 0.3 is 5.97 Å². The molecule has 22 heteroatoms. The first-order chi connectivity index (χ1) is 43.2. The summed E-state index contributed by atoms with van der Waals surface area (Å²) in [5.41, 5.74) is 21.4. The number of azide groups is 1. The molecule has 5 aromatic carbocycles. The summed E-state index contributed by atoms with van der Waals surface area (Å²) in [5.74, 6) is 1.46. The summed E-state index contributed by atoms with van der Waals surface area (Å²) in [7, 11) is 0. The molecular formula is C67H70ClN14O6S+. The number of benzene rings is 5. The largest absolute Gasteiger partial charge is 0.478 e. The minimum Gasteiger partial charge on any atom is -0.478 e. The van der Waals surface area contributed by atoms with Gasteiger partial charge in [0.2, 0.25) is 11.3 Å². The highest BCUT2D eigenvalue weighted by Crippen LogP contribution is 2.49. The number of rotatable bonds is 16. The minimum absolute atomic E-state index is 0.106. The number of carboxylic acids is 1. The van der Waals surface area contributed by atoms with Gasteiger partial charge in [-0.2, -0.15) is 0 Å². The Hall–Kier alpha value is -8.88. The Kier molecular flexibility index (Phi) is 16.8. The third-order valence-corrected chi connectivity index (χ3v) is 19.3. The zero-order valence-electron chi connectivity index (χ0n) is 50.3. The van der Waals surface area contributed by atoms with Gasteiger partial charge in [0.25, 0.3) is 11.8 Å². The topological polar surface area (TPSA) is 237 Å². The van der Waals surface area contributed by atoms with Gasteiger partial charge in [-0.1, -0.05) is 58.4 Å². The molecule has 8 heterocycles. The maximum Gasteiger partial charge on any atom is 0.336 e. The van der Waals surface area contributed by atoms with Gasteiger partial charge in [0.05, 0.1) is 34.6 Å². The number of halogens is 1. The molecule has 1 saturated heterocycles. The van der Waals surface area contributed by atoms with E-state index >= 15 is 0 Å². The summed E-state index contributed by atoms with van der Waals surface area (Å²) in [6.07, 6.45) is 11.4. The number of aryl methyl sites for hydroxylation is 5. The van der Waals surface area contributed by atoms with E-state index in [-0.39, 0.29) is 43.6 Å². The number of carbonyl (C=O) groups excluding carboxylic acids is 3. The molecule has 456 valence electrons. The van der Waals surface area contributed by atoms with Crippen LogP contribution in [0.15, 0.2) is 84.1 Å². The number of nitrogens with zero attached hydrogens (tertiary/aromatic N) is 11. The van der Waals surface area contributed by atoms with Crippen LogP contribution in [-0.4, -0.2) is 126 Å². The van der Waals surface area contributed by atoms with Gasteiger partial charge < -0.3 is 40.5 Å². The highest BCUT2D eigenvalue weighted by Gasteiger charge is 2.37. The fourth-order valence-corrected chi connectivity index (χ4v) is 14.8. The van der Waals surface area contributed by atoms with Crippen molar-refractivity contribution in [2.24, 2.45) is 5.11 Å². The van der Waals surface area contributed by atoms with E-state index in [1.54, 1.807) is 35.2 Å². The second-order valence-corrected chi connectivity index (χ2v) is 25.4. The van der Waals surface area contributed by atoms with Crippen molar-refractivity contribution in [3.05, 3.63) is 177 Å². The molecule has 13 rings (SSSR count). The fraction of sp³-hybridized carbons (Fsp3) is 0.373. The number of carbonyl (C=O) groups is 4. The van der Waals surface area contributed by atoms with Crippen LogP contribution in [0.3, 0.4) is 0 Å². The first kappa shape index (κ1) is 59.1. The Morgan fingerprint density at radius 3 is 2.44 bits per heavy atom. The van der Waals surface area contributed by atoms with Crippen molar-refractivity contribution in [2.75, 3.05) is 92.4 Å². The van der Waals surface area contributed by atoms with E-state index in [1.807, 2.05) is 51.1 Å². The Balaban J connectivity index is 0.738. The number of nitrogens with one attached hydrogen (secondary N) is 3. The standard InChI is InChI=1S/C67H69ClN14O6S/c1-39-11-8-16-52(68)59(39)75-65(85)54-36-71-67(89-54)74-55-35-56(73-41(3)72-55)79-29-27-78(28-30-79)38-57(83)82(37-42-17-20-53(76-77-69)40(2)31-42)26-21-70-64(84)45-18-19-46(66(86)87)49(34-45)58-50-32-43-12-4-6-22-80-24-9-14-47(60(43)80)62(50)88-63-48-15-10-25-81-23-7-5-13-44(61(48)81)33-51(58)63/h8,11,16-20,31-36H,4-7,9-10,12-15,21-30,37-38H2,1-3H3,(H3-,70,71,72,73,74,75,84,85,86,87)/p+1. The number of carboxylic acid groups (broad SMARTS) is 1. The van der Waals surface area contributed by atoms with Crippen LogP contribution in [0.4, 0.5) is 33.8 Å². The lowest BCUT2D eigenvalue weighted by molar-refractivity contribution is -0.133. The van der Waals surface area contributed by atoms with Crippen LogP contribution in [0.5, 0.6) is 11.5 Å². The normalized spacial score (nSPS) is 15.9. The van der Waals surface area contributed by atoms with Crippen molar-refractivity contribution in [2.45, 2.75) is 91.5 Å². The summed E-state index contributed by atoms with van der Waals surface area (Å²) < 4.78 is 9.86. The Morgan fingerprint density at radius 1 is 0.809 bits per heavy atom. The predicted molar refractivity (Wildman–Crippen MR) is 346 cm³/mol. The Morgan fingerprint density at radius 2 is 1.62 bits per heavy atom. The van der Waals surface area contributed by atoms with Gasteiger partial charge in [-0.3, -0.25) is 19.3 Å². The molecule has 6 aliphatic rings. The zero-order chi connectivity index (χ0) is 61.4. The molecule has 2 aromatic heterocycles. The maximum atomic E-state index is 14.7. The molecule has 4 N–H and O–H groups in total. The number of amides is 3. The molecule has 3 amide bonds. The molecule has 0 aliphatic carbocycles. The van der Waals surface area contributed by atoms with Crippen molar-refractivity contribution in [1.29, 1.82) is 0 Å². The van der Waals surface area contributed by atoms with E-state index in [0.29, 0.717) is 81.2 Å². The Labute approximate surface area is 524 Å². The number of piperazine rings is 1. The smallest absolute Gasteiger partial charge is 0.336 e. The van der Waals surface area contributed by atoms with Crippen LogP contribution >= 0.6 is 22.9 Å². The fourth-order valence-electron chi connectivity index (χ4n) is 13.8. The predicted octanol–water partition coefficient (Wildman–Crippen LogP) is 9.94. The van der Waals surface area contributed by atoms with Crippen LogP contribution in [0, 0.1) is 20.8 Å². The van der Waals surface area contributed by atoms with Gasteiger partial charge in [0, 0.05) is 127 Å². The molecule has 0 radical (unpaired) electrons. The average molecular weight is 1230 g/mol. The molecule has 0 unspecified atom stereocenters. The van der Waals surface area contributed by atoms with E-state index < -0.39 is 11.9 Å². The number of hydrogen-bond donors (Lipinski definition) is 4. The summed E-state index contributed by atoms with van der Waals surface area (Å²) in [4.78, 5) is 81.7. The number of ether oxygens (including phenoxy) is 1. The van der Waals surface area contributed by atoms with Gasteiger partial charge in [-0.25, -0.2) is 24.3 Å². The van der Waals surface area contributed by atoms with Crippen molar-refractivity contribution < 1.29 is 29.0 Å². The van der Waals surface area contributed by atoms with Gasteiger partial charge in [-0.15, -0.1) is 0 Å². The van der Waals surface area contributed by atoms with E-state index in [2.05, 4.69) is 67.4 Å². The molecule has 0 atom stereocenters. The lowest BCUT2D eigenvalue weighted by Crippen LogP contribution is -2.51. The number of thiazole rings is 1. The lowest BCUT2D eigenvalue weighted by atomic mass is 9.82. The van der Waals surface area contributed by atoms with Crippen molar-refractivity contribution in [1.82, 2.24) is 34.6 Å². The number of hydrogen-bond acceptors (Lipinski definition) is 14. The lowest BCUT2D eigenvalue weighted by Gasteiger charge is -2.36. The molecule has 20 nitrogen and oxygen atoms in total. The van der Waals surface area contributed by atoms with Gasteiger partial charge in [0.15, 0.2) is 5.13 Å². The molecule has 7 aromatic rings. The maximum absolute atomic E-state index is 14.7. The number of aromatic nitrogens is 3. The Bertz CT molecular complexity index is 4210. The van der Waals surface area contributed by atoms with Gasteiger partial charge in [-0.05, 0) is 142 Å². The number of anilines is 5. The number of aromatic carboxylic acids is 1. The zero-order valence-corrected chi connectivity index (χ0v) is 51.8. The highest BCUT2D eigenvalue weighted by atomic mass is 35.5. The third kappa shape index (κ3) is 12.1. The number of fused-ring (bicyclic) bond motifs is 4. The first-order valence-electron chi connectivity index (χ1n) is 30.9. The molecular weight excluding hydrogens is 1160 g/mol. The van der Waals surface area contributed by atoms with E-state index in [4.69, 9.17) is 21.3 Å². The highest BCUT2D eigenvalue weighted by molar-refractivity contribution is 7.17. The summed E-state index contributed by atoms with van der Waals surface area (Å²) in [6, 6.07) is 22.2. The van der Waals surface area contributed by atoms with E-state index in [1.165, 1.54) is 50.8 Å².